The second kappa shape index (κ2) is 7.76. The second-order valence-electron chi connectivity index (χ2n) is 6.24. The van der Waals surface area contributed by atoms with Crippen LogP contribution < -0.4 is 4.74 Å². The Morgan fingerprint density at radius 3 is 2.52 bits per heavy atom. The number of alkyl halides is 3. The lowest BCUT2D eigenvalue weighted by Crippen LogP contribution is -2.22. The number of aromatic nitrogens is 1. The fraction of sp³-hybridized carbons (Fsp3) is 0.250. The van der Waals surface area contributed by atoms with Crippen molar-refractivity contribution in [3.63, 3.8) is 0 Å². The zero-order valence-corrected chi connectivity index (χ0v) is 16.1. The Morgan fingerprint density at radius 2 is 1.85 bits per heavy atom. The highest BCUT2D eigenvalue weighted by atomic mass is 79.9. The molecule has 0 bridgehead atoms. The lowest BCUT2D eigenvalue weighted by Gasteiger charge is -2.08. The molecule has 0 amide bonds. The number of carbonyl (C=O) groups is 1. The Balaban J connectivity index is 1.76. The van der Waals surface area contributed by atoms with E-state index in [-0.39, 0.29) is 10.9 Å². The summed E-state index contributed by atoms with van der Waals surface area (Å²) in [6, 6.07) is 12.6. The van der Waals surface area contributed by atoms with Crippen molar-refractivity contribution >= 4 is 32.6 Å². The van der Waals surface area contributed by atoms with Crippen molar-refractivity contribution in [2.75, 3.05) is 6.61 Å². The summed E-state index contributed by atoms with van der Waals surface area (Å²) in [5.41, 5.74) is 1.38. The number of rotatable bonds is 6. The van der Waals surface area contributed by atoms with Crippen molar-refractivity contribution < 1.29 is 22.7 Å². The number of halogens is 4. The first-order chi connectivity index (χ1) is 12.8. The van der Waals surface area contributed by atoms with Crippen LogP contribution in [0.2, 0.25) is 0 Å². The van der Waals surface area contributed by atoms with Gasteiger partial charge in [0, 0.05) is 28.1 Å². The van der Waals surface area contributed by atoms with Gasteiger partial charge in [-0.3, -0.25) is 4.79 Å². The van der Waals surface area contributed by atoms with E-state index < -0.39 is 12.0 Å². The summed E-state index contributed by atoms with van der Waals surface area (Å²) in [5.74, 6) is -1.09. The molecule has 0 aliphatic carbocycles. The first kappa shape index (κ1) is 19.5. The molecule has 0 saturated carbocycles. The van der Waals surface area contributed by atoms with Gasteiger partial charge in [0.1, 0.15) is 5.75 Å². The average molecular weight is 440 g/mol. The SMILES string of the molecule is Cc1ccc(OCCCn2cc(C(=O)C(F)(F)F)c3cc(Br)ccc32)cc1. The standard InChI is InChI=1S/C20H17BrF3NO2/c1-13-3-6-15(7-4-13)27-10-2-9-25-12-17(19(26)20(22,23)24)16-11-14(21)5-8-18(16)25/h3-8,11-12H,2,9-10H2,1H3. The topological polar surface area (TPSA) is 31.2 Å². The molecule has 1 heterocycles. The van der Waals surface area contributed by atoms with Crippen molar-refractivity contribution in [2.24, 2.45) is 0 Å². The number of fused-ring (bicyclic) bond motifs is 1. The molecule has 0 aliphatic heterocycles. The lowest BCUT2D eigenvalue weighted by molar-refractivity contribution is -0.0884. The number of Topliss-reactive ketones (excluding diaryl/α,β-unsaturated/α-hetero) is 1. The van der Waals surface area contributed by atoms with Crippen LogP contribution in [0.3, 0.4) is 0 Å². The van der Waals surface area contributed by atoms with E-state index in [1.807, 2.05) is 31.2 Å². The molecule has 0 aliphatic rings. The fourth-order valence-electron chi connectivity index (χ4n) is 2.85. The number of aryl methyl sites for hydroxylation is 2. The number of hydrogen-bond donors (Lipinski definition) is 0. The van der Waals surface area contributed by atoms with Crippen molar-refractivity contribution in [1.82, 2.24) is 4.57 Å². The number of carbonyl (C=O) groups excluding carboxylic acids is 1. The molecule has 0 N–H and O–H groups in total. The highest BCUT2D eigenvalue weighted by Crippen LogP contribution is 2.30. The van der Waals surface area contributed by atoms with Crippen LogP contribution >= 0.6 is 15.9 Å². The minimum Gasteiger partial charge on any atom is -0.494 e. The number of hydrogen-bond acceptors (Lipinski definition) is 2. The van der Waals surface area contributed by atoms with Crippen molar-refractivity contribution in [2.45, 2.75) is 26.1 Å². The Hall–Kier alpha value is -2.28. The number of nitrogens with zero attached hydrogens (tertiary/aromatic N) is 1. The normalized spacial score (nSPS) is 11.7. The van der Waals surface area contributed by atoms with Crippen molar-refractivity contribution in [3.8, 4) is 5.75 Å². The summed E-state index contributed by atoms with van der Waals surface area (Å²) < 4.78 is 46.7. The summed E-state index contributed by atoms with van der Waals surface area (Å²) in [6.45, 7) is 2.84. The summed E-state index contributed by atoms with van der Waals surface area (Å²) in [5, 5.41) is 0.283. The van der Waals surface area contributed by atoms with Crippen LogP contribution in [0, 0.1) is 6.92 Å². The van der Waals surface area contributed by atoms with E-state index >= 15 is 0 Å². The van der Waals surface area contributed by atoms with Gasteiger partial charge >= 0.3 is 6.18 Å². The summed E-state index contributed by atoms with van der Waals surface area (Å²) in [6.07, 6.45) is -3.04. The third-order valence-electron chi connectivity index (χ3n) is 4.18. The number of ketones is 1. The summed E-state index contributed by atoms with van der Waals surface area (Å²) in [4.78, 5) is 11.8. The number of ether oxygens (including phenoxy) is 1. The zero-order chi connectivity index (χ0) is 19.6. The molecule has 2 aromatic carbocycles. The van der Waals surface area contributed by atoms with E-state index in [2.05, 4.69) is 15.9 Å². The predicted octanol–water partition coefficient (Wildman–Crippen LogP) is 5.93. The largest absolute Gasteiger partial charge is 0.494 e. The quantitative estimate of drug-likeness (QED) is 0.352. The molecule has 3 aromatic rings. The van der Waals surface area contributed by atoms with Gasteiger partial charge in [-0.2, -0.15) is 13.2 Å². The molecule has 0 atom stereocenters. The van der Waals surface area contributed by atoms with Gasteiger partial charge in [0.15, 0.2) is 0 Å². The van der Waals surface area contributed by atoms with Crippen molar-refractivity contribution in [3.05, 3.63) is 64.3 Å². The number of benzene rings is 2. The molecule has 142 valence electrons. The molecular formula is C20H17BrF3NO2. The van der Waals surface area contributed by atoms with Gasteiger partial charge in [0.2, 0.25) is 0 Å². The van der Waals surface area contributed by atoms with Gasteiger partial charge in [-0.1, -0.05) is 33.6 Å². The molecule has 3 nitrogen and oxygen atoms in total. The first-order valence-electron chi connectivity index (χ1n) is 8.35. The first-order valence-corrected chi connectivity index (χ1v) is 9.14. The Kier molecular flexibility index (Phi) is 5.60. The summed E-state index contributed by atoms with van der Waals surface area (Å²) in [7, 11) is 0. The highest BCUT2D eigenvalue weighted by Gasteiger charge is 2.40. The lowest BCUT2D eigenvalue weighted by atomic mass is 10.1. The highest BCUT2D eigenvalue weighted by molar-refractivity contribution is 9.10. The second-order valence-corrected chi connectivity index (χ2v) is 7.16. The molecule has 7 heteroatoms. The van der Waals surface area contributed by atoms with Gasteiger partial charge < -0.3 is 9.30 Å². The minimum atomic E-state index is -4.91. The van der Waals surface area contributed by atoms with Crippen LogP contribution in [0.15, 0.2) is 53.1 Å². The molecule has 0 spiro atoms. The average Bonchev–Trinajstić information content (AvgIpc) is 2.96. The van der Waals surface area contributed by atoms with Gasteiger partial charge in [-0.05, 0) is 43.7 Å². The van der Waals surface area contributed by atoms with E-state index in [9.17, 15) is 18.0 Å². The van der Waals surface area contributed by atoms with E-state index in [0.717, 1.165) is 11.3 Å². The predicted molar refractivity (Wildman–Crippen MR) is 101 cm³/mol. The van der Waals surface area contributed by atoms with Crippen molar-refractivity contribution in [1.29, 1.82) is 0 Å². The Labute approximate surface area is 162 Å². The third-order valence-corrected chi connectivity index (χ3v) is 4.67. The van der Waals surface area contributed by atoms with Gasteiger partial charge in [0.25, 0.3) is 5.78 Å². The molecule has 1 aromatic heterocycles. The molecule has 3 rings (SSSR count). The van der Waals surface area contributed by atoms with Crippen LogP contribution in [0.25, 0.3) is 10.9 Å². The van der Waals surface area contributed by atoms with Gasteiger partial charge in [0.05, 0.1) is 12.2 Å². The van der Waals surface area contributed by atoms with Crippen LogP contribution in [-0.2, 0) is 6.54 Å². The van der Waals surface area contributed by atoms with Crippen LogP contribution in [0.4, 0.5) is 13.2 Å². The Morgan fingerprint density at radius 1 is 1.15 bits per heavy atom. The molecule has 0 radical (unpaired) electrons. The van der Waals surface area contributed by atoms with Gasteiger partial charge in [-0.15, -0.1) is 0 Å². The van der Waals surface area contributed by atoms with Crippen LogP contribution in [0.1, 0.15) is 22.3 Å². The van der Waals surface area contributed by atoms with E-state index in [1.54, 1.807) is 16.7 Å². The molecular weight excluding hydrogens is 423 g/mol. The van der Waals surface area contributed by atoms with E-state index in [0.29, 0.717) is 29.6 Å². The fourth-order valence-corrected chi connectivity index (χ4v) is 3.21. The maximum Gasteiger partial charge on any atom is 0.454 e. The maximum atomic E-state index is 12.9. The monoisotopic (exact) mass is 439 g/mol. The smallest absolute Gasteiger partial charge is 0.454 e. The van der Waals surface area contributed by atoms with E-state index in [1.165, 1.54) is 12.3 Å². The molecule has 0 fully saturated rings. The molecule has 0 unspecified atom stereocenters. The zero-order valence-electron chi connectivity index (χ0n) is 14.5. The van der Waals surface area contributed by atoms with Crippen LogP contribution in [-0.4, -0.2) is 23.1 Å². The molecule has 27 heavy (non-hydrogen) atoms. The van der Waals surface area contributed by atoms with Gasteiger partial charge in [-0.25, -0.2) is 0 Å². The maximum absolute atomic E-state index is 12.9. The minimum absolute atomic E-state index is 0.283. The third kappa shape index (κ3) is 4.53. The Bertz CT molecular complexity index is 962. The summed E-state index contributed by atoms with van der Waals surface area (Å²) >= 11 is 3.25. The van der Waals surface area contributed by atoms with Crippen LogP contribution in [0.5, 0.6) is 5.75 Å². The molecule has 0 saturated heterocycles. The van der Waals surface area contributed by atoms with E-state index in [4.69, 9.17) is 4.74 Å².